The molecule has 0 radical (unpaired) electrons. The van der Waals surface area contributed by atoms with Gasteiger partial charge in [-0.2, -0.15) is 0 Å². The second-order valence-electron chi connectivity index (χ2n) is 23.5. The zero-order valence-corrected chi connectivity index (χ0v) is 47.5. The Morgan fingerprint density at radius 3 is 1.38 bits per heavy atom. The molecule has 1 aliphatic heterocycles. The molecule has 0 amide bonds. The number of hydrogen-bond donors (Lipinski definition) is 0. The fourth-order valence-electron chi connectivity index (χ4n) is 6.40. The quantitative estimate of drug-likeness (QED) is 0.0581. The Bertz CT molecular complexity index is 1180. The van der Waals surface area contributed by atoms with E-state index in [0.717, 1.165) is 55.9 Å². The van der Waals surface area contributed by atoms with Crippen LogP contribution in [0.15, 0.2) is 0 Å². The second-order valence-corrected chi connectivity index (χ2v) is 52.3. The van der Waals surface area contributed by atoms with E-state index in [1.807, 2.05) is 62.3 Å². The first-order valence-electron chi connectivity index (χ1n) is 21.6. The Balaban J connectivity index is 0. The smallest absolute Gasteiger partial charge is 0.311 e. The van der Waals surface area contributed by atoms with Gasteiger partial charge >= 0.3 is 17.9 Å². The van der Waals surface area contributed by atoms with Crippen molar-refractivity contribution in [2.75, 3.05) is 6.61 Å². The first-order valence-corrected chi connectivity index (χ1v) is 41.8. The zero-order valence-electron chi connectivity index (χ0n) is 41.5. The fourth-order valence-corrected chi connectivity index (χ4v) is 27.5. The molecular weight excluding hydrogens is 801 g/mol. The Hall–Kier alpha value is -0.369. The standard InChI is InChI=1S/C15H34O2Si2.C14H32O3Si2.C13H28O3Si2/c1-10-15(2,3)14(16)17-13(11-18(4,5)6)12-19(7,8)9;1-9-14(2,3)13(15)16-11-10-12-19(7,8)17-18(4,5)6;1-8-13(2,3)12(14)15-11-9-17(4,5)16-18(6,7)10-11/h13H,10-12H2,1-9H3;9-12H2,1-8H3;11H,8-10H2,1-7H3. The molecule has 1 heterocycles. The molecule has 56 heavy (non-hydrogen) atoms. The largest absolute Gasteiger partial charge is 0.465 e. The van der Waals surface area contributed by atoms with Crippen LogP contribution in [-0.4, -0.2) is 86.1 Å². The van der Waals surface area contributed by atoms with Crippen LogP contribution >= 0.6 is 0 Å². The number of hydrogen-bond acceptors (Lipinski definition) is 8. The van der Waals surface area contributed by atoms with Crippen LogP contribution < -0.4 is 0 Å². The van der Waals surface area contributed by atoms with E-state index < -0.39 is 49.4 Å². The van der Waals surface area contributed by atoms with Crippen LogP contribution in [0.5, 0.6) is 0 Å². The SMILES string of the molecule is CCC(C)(C)C(=O)OC(C[Si](C)(C)C)C[Si](C)(C)C.CCC(C)(C)C(=O)OC1C[Si](C)(C)O[Si](C)(C)C1.CCC(C)(C)C(=O)OCCC[Si](C)(C)O[Si](C)(C)C. The molecule has 0 bridgehead atoms. The molecule has 0 N–H and O–H groups in total. The summed E-state index contributed by atoms with van der Waals surface area (Å²) in [4.78, 5) is 36.3. The molecule has 0 aromatic heterocycles. The summed E-state index contributed by atoms with van der Waals surface area (Å²) in [5.74, 6) is -0.149. The topological polar surface area (TPSA) is 97.4 Å². The minimum atomic E-state index is -1.64. The van der Waals surface area contributed by atoms with E-state index in [-0.39, 0.29) is 46.4 Å². The van der Waals surface area contributed by atoms with Gasteiger partial charge in [-0.1, -0.05) is 60.1 Å². The van der Waals surface area contributed by atoms with Crippen molar-refractivity contribution < 1.29 is 36.8 Å². The van der Waals surface area contributed by atoms with Crippen molar-refractivity contribution in [1.82, 2.24) is 0 Å². The van der Waals surface area contributed by atoms with Gasteiger partial charge in [0.2, 0.25) is 0 Å². The number of ether oxygens (including phenoxy) is 3. The molecule has 1 fully saturated rings. The minimum absolute atomic E-state index is 0.0171. The lowest BCUT2D eigenvalue weighted by molar-refractivity contribution is -0.159. The predicted octanol–water partition coefficient (Wildman–Crippen LogP) is 13.2. The highest BCUT2D eigenvalue weighted by molar-refractivity contribution is 6.86. The molecular formula is C42H94O8Si6. The Morgan fingerprint density at radius 2 is 1.02 bits per heavy atom. The van der Waals surface area contributed by atoms with Crippen molar-refractivity contribution in [3.05, 3.63) is 0 Å². The van der Waals surface area contributed by atoms with Gasteiger partial charge in [0.05, 0.1) is 29.0 Å². The van der Waals surface area contributed by atoms with E-state index in [1.165, 1.54) is 0 Å². The summed E-state index contributed by atoms with van der Waals surface area (Å²) in [6, 6.07) is 5.10. The van der Waals surface area contributed by atoms with Crippen molar-refractivity contribution in [1.29, 1.82) is 0 Å². The molecule has 1 rings (SSSR count). The van der Waals surface area contributed by atoms with Crippen LogP contribution in [0.4, 0.5) is 0 Å². The molecule has 0 atom stereocenters. The van der Waals surface area contributed by atoms with Crippen LogP contribution in [0.1, 0.15) is 88.0 Å². The number of rotatable bonds is 18. The fraction of sp³-hybridized carbons (Fsp3) is 0.929. The molecule has 0 unspecified atom stereocenters. The minimum Gasteiger partial charge on any atom is -0.465 e. The summed E-state index contributed by atoms with van der Waals surface area (Å²) >= 11 is 0. The first-order chi connectivity index (χ1) is 24.6. The molecule has 1 saturated heterocycles. The maximum Gasteiger partial charge on any atom is 0.311 e. The van der Waals surface area contributed by atoms with E-state index in [9.17, 15) is 14.4 Å². The average Bonchev–Trinajstić information content (AvgIpc) is 2.95. The number of carbonyl (C=O) groups is 3. The average molecular weight is 896 g/mol. The predicted molar refractivity (Wildman–Crippen MR) is 256 cm³/mol. The van der Waals surface area contributed by atoms with Gasteiger partial charge in [-0.15, -0.1) is 0 Å². The van der Waals surface area contributed by atoms with Crippen molar-refractivity contribution in [2.45, 2.75) is 229 Å². The number of esters is 3. The summed E-state index contributed by atoms with van der Waals surface area (Å²) in [7, 11) is -8.75. The van der Waals surface area contributed by atoms with Gasteiger partial charge in [0.25, 0.3) is 0 Å². The third kappa shape index (κ3) is 26.7. The van der Waals surface area contributed by atoms with E-state index in [0.29, 0.717) is 6.61 Å². The van der Waals surface area contributed by atoms with Gasteiger partial charge in [-0.25, -0.2) is 0 Å². The Morgan fingerprint density at radius 1 is 0.643 bits per heavy atom. The molecule has 0 spiro atoms. The van der Waals surface area contributed by atoms with Crippen molar-refractivity contribution in [3.8, 4) is 0 Å². The van der Waals surface area contributed by atoms with E-state index in [2.05, 4.69) is 98.2 Å². The zero-order chi connectivity index (χ0) is 45.0. The van der Waals surface area contributed by atoms with E-state index in [4.69, 9.17) is 22.4 Å². The van der Waals surface area contributed by atoms with Gasteiger partial charge in [-0.05, 0) is 144 Å². The molecule has 14 heteroatoms. The van der Waals surface area contributed by atoms with Gasteiger partial charge < -0.3 is 22.4 Å². The normalized spacial score (nSPS) is 16.9. The summed E-state index contributed by atoms with van der Waals surface area (Å²) in [5.41, 5.74) is -1.07. The highest BCUT2D eigenvalue weighted by atomic mass is 28.4. The van der Waals surface area contributed by atoms with Crippen molar-refractivity contribution in [2.24, 2.45) is 16.2 Å². The Kier molecular flexibility index (Phi) is 23.2. The first kappa shape index (κ1) is 57.7. The van der Waals surface area contributed by atoms with Gasteiger partial charge in [0.1, 0.15) is 6.10 Å². The molecule has 0 aromatic carbocycles. The Labute approximate surface area is 354 Å². The molecule has 1 aliphatic rings. The van der Waals surface area contributed by atoms with Crippen molar-refractivity contribution >= 4 is 67.3 Å². The molecule has 0 aromatic rings. The molecule has 0 aliphatic carbocycles. The lowest BCUT2D eigenvalue weighted by Gasteiger charge is -2.43. The molecule has 0 saturated carbocycles. The van der Waals surface area contributed by atoms with Gasteiger partial charge in [0, 0.05) is 28.2 Å². The summed E-state index contributed by atoms with van der Waals surface area (Å²) in [6.07, 6.45) is 3.59. The number of carbonyl (C=O) groups excluding carboxylic acids is 3. The summed E-state index contributed by atoms with van der Waals surface area (Å²) in [6.45, 7) is 52.6. The third-order valence-electron chi connectivity index (χ3n) is 10.3. The van der Waals surface area contributed by atoms with Crippen LogP contribution in [0.25, 0.3) is 0 Å². The van der Waals surface area contributed by atoms with Crippen LogP contribution in [0.2, 0.25) is 128 Å². The lowest BCUT2D eigenvalue weighted by Crippen LogP contribution is -2.54. The molecule has 334 valence electrons. The van der Waals surface area contributed by atoms with E-state index in [1.54, 1.807) is 0 Å². The lowest BCUT2D eigenvalue weighted by atomic mass is 9.90. The van der Waals surface area contributed by atoms with Crippen LogP contribution in [0.3, 0.4) is 0 Å². The van der Waals surface area contributed by atoms with E-state index >= 15 is 0 Å². The summed E-state index contributed by atoms with van der Waals surface area (Å²) < 4.78 is 29.5. The van der Waals surface area contributed by atoms with Crippen molar-refractivity contribution in [3.63, 3.8) is 0 Å². The maximum absolute atomic E-state index is 12.3. The maximum atomic E-state index is 12.3. The molecule has 8 nitrogen and oxygen atoms in total. The van der Waals surface area contributed by atoms with Crippen LogP contribution in [-0.2, 0) is 36.8 Å². The van der Waals surface area contributed by atoms with Gasteiger partial charge in [-0.3, -0.25) is 14.4 Å². The second kappa shape index (κ2) is 22.5. The highest BCUT2D eigenvalue weighted by Gasteiger charge is 2.45. The summed E-state index contributed by atoms with van der Waals surface area (Å²) in [5, 5.41) is 0. The third-order valence-corrected chi connectivity index (χ3v) is 27.1. The monoisotopic (exact) mass is 895 g/mol. The van der Waals surface area contributed by atoms with Gasteiger partial charge in [0.15, 0.2) is 33.3 Å². The van der Waals surface area contributed by atoms with Crippen LogP contribution in [0, 0.1) is 16.2 Å². The highest BCUT2D eigenvalue weighted by Crippen LogP contribution is 2.35.